The molecule has 0 spiro atoms. The topological polar surface area (TPSA) is 123 Å². The zero-order valence-electron chi connectivity index (χ0n) is 22.5. The normalized spacial score (nSPS) is 28.2. The summed E-state index contributed by atoms with van der Waals surface area (Å²) in [6.07, 6.45) is 2.22. The fraction of sp³-hybridized carbons (Fsp3) is 0.680. The van der Waals surface area contributed by atoms with Gasteiger partial charge in [-0.1, -0.05) is 11.8 Å². The molecule has 2 aliphatic carbocycles. The lowest BCUT2D eigenvalue weighted by Gasteiger charge is -2.44. The Morgan fingerprint density at radius 2 is 1.97 bits per heavy atom. The average molecular weight is 584 g/mol. The summed E-state index contributed by atoms with van der Waals surface area (Å²) in [5, 5.41) is 17.0. The van der Waals surface area contributed by atoms with Crippen LogP contribution in [0.25, 0.3) is 5.65 Å². The first-order valence-corrected chi connectivity index (χ1v) is 15.6. The van der Waals surface area contributed by atoms with E-state index in [9.17, 15) is 22.3 Å². The van der Waals surface area contributed by atoms with Crippen LogP contribution < -0.4 is 20.4 Å². The summed E-state index contributed by atoms with van der Waals surface area (Å²) < 4.78 is 59.1. The maximum Gasteiger partial charge on any atom is 0.288 e. The molecular weight excluding hydrogens is 548 g/mol. The molecule has 2 atom stereocenters. The molecule has 3 fully saturated rings. The van der Waals surface area contributed by atoms with E-state index in [4.69, 9.17) is 4.98 Å². The number of sulfonamides is 1. The molecule has 1 saturated heterocycles. The number of fused-ring (bicyclic) bond motifs is 1. The number of alkyl halides is 2. The van der Waals surface area contributed by atoms with Gasteiger partial charge in [0.15, 0.2) is 10.7 Å². The number of halogens is 2. The van der Waals surface area contributed by atoms with Crippen molar-refractivity contribution in [3.05, 3.63) is 23.7 Å². The van der Waals surface area contributed by atoms with Gasteiger partial charge >= 0.3 is 0 Å². The second kappa shape index (κ2) is 9.00. The number of rotatable bonds is 8. The summed E-state index contributed by atoms with van der Waals surface area (Å²) in [7, 11) is -3.90. The van der Waals surface area contributed by atoms with Gasteiger partial charge in [-0.15, -0.1) is 0 Å². The van der Waals surface area contributed by atoms with Crippen molar-refractivity contribution >= 4 is 38.2 Å². The predicted octanol–water partition coefficient (Wildman–Crippen LogP) is 2.68. The van der Waals surface area contributed by atoms with Gasteiger partial charge in [0.2, 0.25) is 10.0 Å². The van der Waals surface area contributed by atoms with Crippen molar-refractivity contribution in [1.82, 2.24) is 24.8 Å². The number of hydrogen-bond donors (Lipinski definition) is 4. The largest absolute Gasteiger partial charge is 0.395 e. The van der Waals surface area contributed by atoms with Gasteiger partial charge in [0.05, 0.1) is 23.7 Å². The quantitative estimate of drug-likeness (QED) is 0.374. The molecule has 0 aromatic carbocycles. The molecule has 2 aromatic rings. The van der Waals surface area contributed by atoms with E-state index in [1.165, 1.54) is 0 Å². The number of aliphatic hydroxyl groups is 1. The molecule has 6 rings (SSSR count). The Balaban J connectivity index is 1.56. The van der Waals surface area contributed by atoms with Gasteiger partial charge in [0.1, 0.15) is 9.77 Å². The van der Waals surface area contributed by atoms with Crippen LogP contribution in [-0.2, 0) is 14.9 Å². The average Bonchev–Trinajstić information content (AvgIpc) is 3.74. The minimum Gasteiger partial charge on any atom is -0.395 e. The molecule has 4 aliphatic rings. The smallest absolute Gasteiger partial charge is 0.288 e. The number of hydrazone groups is 1. The third kappa shape index (κ3) is 5.03. The van der Waals surface area contributed by atoms with Crippen molar-refractivity contribution in [2.75, 3.05) is 24.6 Å². The van der Waals surface area contributed by atoms with Gasteiger partial charge in [0.25, 0.3) is 6.43 Å². The molecule has 2 aromatic heterocycles. The van der Waals surface area contributed by atoms with E-state index in [1.54, 1.807) is 23.6 Å². The van der Waals surface area contributed by atoms with Gasteiger partial charge in [-0.25, -0.2) is 26.9 Å². The van der Waals surface area contributed by atoms with Gasteiger partial charge in [0, 0.05) is 42.3 Å². The fourth-order valence-corrected chi connectivity index (χ4v) is 8.11. The number of nitrogens with one attached hydrogen (secondary N) is 3. The first-order chi connectivity index (χ1) is 18.2. The molecule has 0 radical (unpaired) electrons. The monoisotopic (exact) mass is 583 g/mol. The third-order valence-corrected chi connectivity index (χ3v) is 10.6. The molecule has 10 nitrogen and oxygen atoms in total. The van der Waals surface area contributed by atoms with E-state index in [1.807, 2.05) is 20.8 Å². The van der Waals surface area contributed by atoms with Crippen LogP contribution in [0.2, 0.25) is 0 Å². The Morgan fingerprint density at radius 3 is 2.56 bits per heavy atom. The lowest BCUT2D eigenvalue weighted by Crippen LogP contribution is -2.63. The molecule has 0 amide bonds. The lowest BCUT2D eigenvalue weighted by atomic mass is 9.98. The van der Waals surface area contributed by atoms with Crippen LogP contribution in [0.3, 0.4) is 0 Å². The Kier molecular flexibility index (Phi) is 6.27. The second-order valence-electron chi connectivity index (χ2n) is 12.3. The van der Waals surface area contributed by atoms with Gasteiger partial charge in [-0.05, 0) is 59.4 Å². The minimum atomic E-state index is -3.90. The van der Waals surface area contributed by atoms with E-state index in [-0.39, 0.29) is 34.0 Å². The molecule has 0 bridgehead atoms. The van der Waals surface area contributed by atoms with Gasteiger partial charge in [-0.3, -0.25) is 9.83 Å². The second-order valence-corrected chi connectivity index (χ2v) is 15.4. The molecule has 2 aliphatic heterocycles. The standard InChI is InChI=1S/C25H35F2N7O3S2/c1-23(2)13-33(10-15(12-35)29-23)17-9-16(39(36,37)32-24(3)7-8-24)11-34-19(18(14-5-6-14)28-21(17)34)25(4)31-30-22(38-25)20(26)27/h9,11,14-15,20,29,31-32,35H,5-8,10,12-13H2,1-4H3/t15-,25?/m0/s1. The number of hydrogen-bond acceptors (Lipinski definition) is 9. The van der Waals surface area contributed by atoms with E-state index < -0.39 is 26.9 Å². The summed E-state index contributed by atoms with van der Waals surface area (Å²) in [6.45, 7) is 8.66. The van der Waals surface area contributed by atoms with Crippen molar-refractivity contribution in [3.63, 3.8) is 0 Å². The number of piperazine rings is 1. The van der Waals surface area contributed by atoms with Crippen molar-refractivity contribution < 1.29 is 22.3 Å². The Morgan fingerprint density at radius 1 is 1.26 bits per heavy atom. The first kappa shape index (κ1) is 27.2. The predicted molar refractivity (Wildman–Crippen MR) is 147 cm³/mol. The fourth-order valence-electron chi connectivity index (χ4n) is 5.64. The van der Waals surface area contributed by atoms with Crippen molar-refractivity contribution in [2.24, 2.45) is 5.10 Å². The number of imidazole rings is 1. The zero-order valence-corrected chi connectivity index (χ0v) is 24.1. The van der Waals surface area contributed by atoms with Gasteiger partial charge in [-0.2, -0.15) is 5.10 Å². The maximum atomic E-state index is 13.7. The minimum absolute atomic E-state index is 0.0759. The summed E-state index contributed by atoms with van der Waals surface area (Å²) in [5.74, 6) is 0.163. The van der Waals surface area contributed by atoms with Gasteiger partial charge < -0.3 is 15.3 Å². The van der Waals surface area contributed by atoms with Crippen LogP contribution in [-0.4, -0.2) is 71.2 Å². The third-order valence-electron chi connectivity index (χ3n) is 7.87. The van der Waals surface area contributed by atoms with E-state index >= 15 is 0 Å². The van der Waals surface area contributed by atoms with E-state index in [0.717, 1.165) is 43.1 Å². The summed E-state index contributed by atoms with van der Waals surface area (Å²) in [4.78, 5) is 6.14. The summed E-state index contributed by atoms with van der Waals surface area (Å²) in [6, 6.07) is 1.44. The van der Waals surface area contributed by atoms with Crippen molar-refractivity contribution in [2.45, 2.75) is 92.6 Å². The molecule has 14 heteroatoms. The highest BCUT2D eigenvalue weighted by Crippen LogP contribution is 2.49. The number of nitrogens with zero attached hydrogens (tertiary/aromatic N) is 4. The van der Waals surface area contributed by atoms with Crippen molar-refractivity contribution in [1.29, 1.82) is 0 Å². The Bertz CT molecular complexity index is 1450. The maximum absolute atomic E-state index is 13.7. The van der Waals surface area contributed by atoms with Crippen molar-refractivity contribution in [3.8, 4) is 0 Å². The molecule has 4 N–H and O–H groups in total. The number of aromatic nitrogens is 2. The molecule has 214 valence electrons. The molecular formula is C25H35F2N7O3S2. The van der Waals surface area contributed by atoms with Crippen LogP contribution >= 0.6 is 11.8 Å². The van der Waals surface area contributed by atoms with Crippen LogP contribution in [0.4, 0.5) is 14.5 Å². The highest BCUT2D eigenvalue weighted by atomic mass is 32.2. The lowest BCUT2D eigenvalue weighted by molar-refractivity contribution is 0.191. The van der Waals surface area contributed by atoms with Crippen LogP contribution in [0.15, 0.2) is 22.3 Å². The number of aliphatic hydroxyl groups excluding tert-OH is 1. The highest BCUT2D eigenvalue weighted by Gasteiger charge is 2.46. The summed E-state index contributed by atoms with van der Waals surface area (Å²) in [5.41, 5.74) is 4.67. The number of anilines is 1. The Hall–Kier alpha value is -2.00. The molecule has 1 unspecified atom stereocenters. The SMILES string of the molecule is CC1(C)CN(c2cc(S(=O)(=O)NC3(C)CC3)cn3c(C4(C)NN=C(C(F)F)S4)c(C4CC4)nc23)C[C@@H](CO)N1. The van der Waals surface area contributed by atoms with Crippen LogP contribution in [0.5, 0.6) is 0 Å². The molecule has 4 heterocycles. The van der Waals surface area contributed by atoms with E-state index in [2.05, 4.69) is 25.5 Å². The zero-order chi connectivity index (χ0) is 28.0. The first-order valence-electron chi connectivity index (χ1n) is 13.3. The molecule has 2 saturated carbocycles. The highest BCUT2D eigenvalue weighted by molar-refractivity contribution is 8.15. The van der Waals surface area contributed by atoms with Crippen LogP contribution in [0, 0.1) is 0 Å². The number of pyridine rings is 1. The number of thioether (sulfide) groups is 1. The molecule has 39 heavy (non-hydrogen) atoms. The summed E-state index contributed by atoms with van der Waals surface area (Å²) >= 11 is 0.938. The van der Waals surface area contributed by atoms with Crippen LogP contribution in [0.1, 0.15) is 70.7 Å². The van der Waals surface area contributed by atoms with E-state index in [0.29, 0.717) is 30.1 Å². The Labute approximate surface area is 231 Å².